The minimum Gasteiger partial charge on any atom is -0.456 e. The third-order valence-electron chi connectivity index (χ3n) is 4.14. The van der Waals surface area contributed by atoms with Gasteiger partial charge in [-0.1, -0.05) is 32.1 Å². The normalized spacial score (nSPS) is 15.8. The monoisotopic (exact) mass is 345 g/mol. The zero-order chi connectivity index (χ0) is 16.2. The molecule has 0 unspecified atom stereocenters. The molecule has 0 atom stereocenters. The minimum absolute atomic E-state index is 0.0162. The first-order chi connectivity index (χ1) is 11.0. The lowest BCUT2D eigenvalue weighted by Crippen LogP contribution is -2.18. The Morgan fingerprint density at radius 3 is 2.57 bits per heavy atom. The molecule has 4 rings (SSSR count). The summed E-state index contributed by atoms with van der Waals surface area (Å²) in [5, 5.41) is 1.20. The maximum absolute atomic E-state index is 6.12. The van der Waals surface area contributed by atoms with E-state index in [4.69, 9.17) is 27.6 Å². The van der Waals surface area contributed by atoms with Gasteiger partial charge in [-0.15, -0.1) is 0 Å². The molecular weight excluding hydrogens is 333 g/mol. The molecule has 4 nitrogen and oxygen atoms in total. The van der Waals surface area contributed by atoms with Crippen LogP contribution in [0.5, 0.6) is 0 Å². The van der Waals surface area contributed by atoms with Gasteiger partial charge in [-0.25, -0.2) is 0 Å². The van der Waals surface area contributed by atoms with Crippen LogP contribution in [0.4, 0.5) is 0 Å². The molecule has 2 aromatic heterocycles. The summed E-state index contributed by atoms with van der Waals surface area (Å²) in [5.74, 6) is 1.29. The average molecular weight is 346 g/mol. The molecule has 0 spiro atoms. The minimum atomic E-state index is 0.0162. The van der Waals surface area contributed by atoms with Crippen LogP contribution in [0.25, 0.3) is 28.4 Å². The third-order valence-corrected chi connectivity index (χ3v) is 4.48. The highest BCUT2D eigenvalue weighted by molar-refractivity contribution is 6.31. The van der Waals surface area contributed by atoms with E-state index >= 15 is 0 Å². The number of allylic oxidation sites excluding steroid dienone is 1. The summed E-state index contributed by atoms with van der Waals surface area (Å²) in [7, 11) is 0. The summed E-state index contributed by atoms with van der Waals surface area (Å²) in [6, 6.07) is 5.93. The van der Waals surface area contributed by atoms with E-state index in [0.717, 1.165) is 28.7 Å². The molecule has 1 aliphatic carbocycles. The first-order valence-corrected chi connectivity index (χ1v) is 8.01. The number of fused-ring (bicyclic) bond motifs is 3. The summed E-state index contributed by atoms with van der Waals surface area (Å²) >= 11 is 11.8. The predicted molar refractivity (Wildman–Crippen MR) is 91.7 cm³/mol. The molecule has 0 amide bonds. The zero-order valence-corrected chi connectivity index (χ0v) is 14.1. The van der Waals surface area contributed by atoms with E-state index in [1.54, 1.807) is 0 Å². The van der Waals surface area contributed by atoms with Crippen molar-refractivity contribution in [2.75, 3.05) is 0 Å². The molecule has 2 heterocycles. The van der Waals surface area contributed by atoms with Crippen molar-refractivity contribution in [3.8, 4) is 11.4 Å². The Balaban J connectivity index is 2.04. The Morgan fingerprint density at radius 2 is 1.83 bits per heavy atom. The van der Waals surface area contributed by atoms with Crippen molar-refractivity contribution in [1.82, 2.24) is 15.0 Å². The van der Waals surface area contributed by atoms with Crippen molar-refractivity contribution < 1.29 is 4.42 Å². The number of rotatable bonds is 1. The Labute approximate surface area is 143 Å². The molecule has 23 heavy (non-hydrogen) atoms. The van der Waals surface area contributed by atoms with Gasteiger partial charge in [-0.3, -0.25) is 0 Å². The molecule has 0 N–H and O–H groups in total. The van der Waals surface area contributed by atoms with Gasteiger partial charge >= 0.3 is 0 Å². The summed E-state index contributed by atoms with van der Waals surface area (Å²) in [5.41, 5.74) is 2.73. The van der Waals surface area contributed by atoms with Crippen molar-refractivity contribution in [2.24, 2.45) is 0 Å². The molecule has 0 aliphatic heterocycles. The topological polar surface area (TPSA) is 51.8 Å². The smallest absolute Gasteiger partial charge is 0.227 e. The molecule has 0 saturated heterocycles. The van der Waals surface area contributed by atoms with E-state index in [2.05, 4.69) is 40.9 Å². The molecule has 3 aromatic rings. The van der Waals surface area contributed by atoms with Crippen LogP contribution in [0, 0.1) is 0 Å². The SMILES string of the molecule is CC1(C)CC=Cc2oc3c(-c4nc(Cl)nc(Cl)n4)cccc3c21. The highest BCUT2D eigenvalue weighted by Crippen LogP contribution is 2.43. The van der Waals surface area contributed by atoms with E-state index < -0.39 is 0 Å². The maximum Gasteiger partial charge on any atom is 0.227 e. The molecule has 0 fully saturated rings. The van der Waals surface area contributed by atoms with E-state index in [1.165, 1.54) is 5.56 Å². The van der Waals surface area contributed by atoms with Gasteiger partial charge in [0.25, 0.3) is 0 Å². The quantitative estimate of drug-likeness (QED) is 0.601. The van der Waals surface area contributed by atoms with E-state index in [0.29, 0.717) is 5.82 Å². The van der Waals surface area contributed by atoms with Crippen LogP contribution in [-0.2, 0) is 5.41 Å². The number of hydrogen-bond acceptors (Lipinski definition) is 4. The van der Waals surface area contributed by atoms with Gasteiger partial charge in [0.15, 0.2) is 5.82 Å². The van der Waals surface area contributed by atoms with Gasteiger partial charge in [-0.2, -0.15) is 15.0 Å². The fourth-order valence-corrected chi connectivity index (χ4v) is 3.50. The zero-order valence-electron chi connectivity index (χ0n) is 12.6. The fraction of sp³-hybridized carbons (Fsp3) is 0.235. The molecule has 6 heteroatoms. The van der Waals surface area contributed by atoms with Crippen LogP contribution in [0.2, 0.25) is 10.6 Å². The van der Waals surface area contributed by atoms with Crippen LogP contribution >= 0.6 is 23.2 Å². The van der Waals surface area contributed by atoms with Crippen molar-refractivity contribution in [3.63, 3.8) is 0 Å². The molecule has 0 bridgehead atoms. The molecule has 116 valence electrons. The first kappa shape index (κ1) is 14.7. The Kier molecular flexibility index (Phi) is 3.22. The van der Waals surface area contributed by atoms with Gasteiger partial charge < -0.3 is 4.42 Å². The van der Waals surface area contributed by atoms with Crippen molar-refractivity contribution >= 4 is 40.2 Å². The molecule has 1 aliphatic rings. The van der Waals surface area contributed by atoms with Gasteiger partial charge in [0.2, 0.25) is 10.6 Å². The second-order valence-corrected chi connectivity index (χ2v) is 6.89. The lowest BCUT2D eigenvalue weighted by atomic mass is 9.77. The summed E-state index contributed by atoms with van der Waals surface area (Å²) in [6.45, 7) is 4.43. The maximum atomic E-state index is 6.12. The van der Waals surface area contributed by atoms with Gasteiger partial charge in [0.1, 0.15) is 11.3 Å². The van der Waals surface area contributed by atoms with E-state index in [1.807, 2.05) is 18.2 Å². The number of benzene rings is 1. The molecule has 1 aromatic carbocycles. The molecule has 0 saturated carbocycles. The fourth-order valence-electron chi connectivity index (χ4n) is 3.14. The van der Waals surface area contributed by atoms with Crippen LogP contribution < -0.4 is 0 Å². The third kappa shape index (κ3) is 2.33. The van der Waals surface area contributed by atoms with Crippen LogP contribution in [-0.4, -0.2) is 15.0 Å². The van der Waals surface area contributed by atoms with Gasteiger partial charge in [-0.05, 0) is 47.2 Å². The number of hydrogen-bond donors (Lipinski definition) is 0. The Bertz CT molecular complexity index is 940. The second-order valence-electron chi connectivity index (χ2n) is 6.21. The number of aromatic nitrogens is 3. The van der Waals surface area contributed by atoms with Crippen molar-refractivity contribution in [3.05, 3.63) is 46.2 Å². The van der Waals surface area contributed by atoms with Gasteiger partial charge in [0.05, 0.1) is 5.56 Å². The van der Waals surface area contributed by atoms with Crippen molar-refractivity contribution in [1.29, 1.82) is 0 Å². The van der Waals surface area contributed by atoms with Crippen molar-refractivity contribution in [2.45, 2.75) is 25.7 Å². The predicted octanol–water partition coefficient (Wildman–Crippen LogP) is 5.29. The standard InChI is InChI=1S/C17H13Cl2N3O/c1-17(2)8-4-7-11-12(17)9-5-3-6-10(13(9)23-11)14-20-15(18)22-16(19)21-14/h3-7H,8H2,1-2H3. The second kappa shape index (κ2) is 5.05. The summed E-state index contributed by atoms with van der Waals surface area (Å²) in [6.07, 6.45) is 5.14. The van der Waals surface area contributed by atoms with Crippen LogP contribution in [0.1, 0.15) is 31.6 Å². The van der Waals surface area contributed by atoms with E-state index in [9.17, 15) is 0 Å². The largest absolute Gasteiger partial charge is 0.456 e. The number of nitrogens with zero attached hydrogens (tertiary/aromatic N) is 3. The average Bonchev–Trinajstić information content (AvgIpc) is 2.85. The van der Waals surface area contributed by atoms with Crippen LogP contribution in [0.3, 0.4) is 0 Å². The first-order valence-electron chi connectivity index (χ1n) is 7.26. The highest BCUT2D eigenvalue weighted by atomic mass is 35.5. The lowest BCUT2D eigenvalue weighted by molar-refractivity contribution is 0.505. The number of halogens is 2. The Hall–Kier alpha value is -1.91. The molecular formula is C17H13Cl2N3O. The summed E-state index contributed by atoms with van der Waals surface area (Å²) in [4.78, 5) is 12.2. The van der Waals surface area contributed by atoms with Crippen LogP contribution in [0.15, 0.2) is 28.7 Å². The Morgan fingerprint density at radius 1 is 1.09 bits per heavy atom. The molecule has 0 radical (unpaired) electrons. The highest BCUT2D eigenvalue weighted by Gasteiger charge is 2.31. The number of furan rings is 1. The number of para-hydroxylation sites is 1. The lowest BCUT2D eigenvalue weighted by Gasteiger charge is -2.25. The summed E-state index contributed by atoms with van der Waals surface area (Å²) < 4.78 is 6.12. The van der Waals surface area contributed by atoms with E-state index in [-0.39, 0.29) is 16.0 Å². The van der Waals surface area contributed by atoms with Gasteiger partial charge in [0, 0.05) is 10.9 Å².